The molecular weight excluding hydrogens is 685 g/mol. The van der Waals surface area contributed by atoms with Crippen molar-refractivity contribution in [3.63, 3.8) is 0 Å². The average Bonchev–Trinajstić information content (AvgIpc) is 3.83. The summed E-state index contributed by atoms with van der Waals surface area (Å²) >= 11 is 0. The van der Waals surface area contributed by atoms with Crippen LogP contribution in [0.3, 0.4) is 0 Å². The van der Waals surface area contributed by atoms with Gasteiger partial charge in [-0.3, -0.25) is 0 Å². The van der Waals surface area contributed by atoms with Gasteiger partial charge in [-0.25, -0.2) is 15.0 Å². The molecular formula is C51H30N4O. The molecule has 0 radical (unpaired) electrons. The molecule has 3 heterocycles. The third kappa shape index (κ3) is 4.52. The van der Waals surface area contributed by atoms with E-state index in [1.807, 2.05) is 60.7 Å². The van der Waals surface area contributed by atoms with Crippen LogP contribution in [0.2, 0.25) is 0 Å². The van der Waals surface area contributed by atoms with Crippen LogP contribution in [0.15, 0.2) is 186 Å². The molecule has 0 saturated carbocycles. The van der Waals surface area contributed by atoms with Gasteiger partial charge in [-0.1, -0.05) is 146 Å². The van der Waals surface area contributed by atoms with E-state index in [-0.39, 0.29) is 0 Å². The van der Waals surface area contributed by atoms with Gasteiger partial charge in [0.1, 0.15) is 11.2 Å². The molecule has 0 spiro atoms. The highest BCUT2D eigenvalue weighted by Crippen LogP contribution is 2.44. The van der Waals surface area contributed by atoms with Gasteiger partial charge in [0, 0.05) is 33.0 Å². The number of para-hydroxylation sites is 2. The molecule has 0 aliphatic carbocycles. The first-order chi connectivity index (χ1) is 27.8. The van der Waals surface area contributed by atoms with E-state index >= 15 is 0 Å². The van der Waals surface area contributed by atoms with Gasteiger partial charge in [0.25, 0.3) is 0 Å². The summed E-state index contributed by atoms with van der Waals surface area (Å²) in [7, 11) is 0. The van der Waals surface area contributed by atoms with Crippen LogP contribution in [0, 0.1) is 0 Å². The Bertz CT molecular complexity index is 3440. The average molecular weight is 715 g/mol. The molecule has 9 aromatic carbocycles. The highest BCUT2D eigenvalue weighted by Gasteiger charge is 2.23. The van der Waals surface area contributed by atoms with Crippen LogP contribution in [0.4, 0.5) is 0 Å². The topological polar surface area (TPSA) is 56.7 Å². The van der Waals surface area contributed by atoms with E-state index < -0.39 is 0 Å². The minimum Gasteiger partial charge on any atom is -0.455 e. The van der Waals surface area contributed by atoms with Crippen LogP contribution in [-0.4, -0.2) is 19.5 Å². The van der Waals surface area contributed by atoms with Crippen molar-refractivity contribution in [2.24, 2.45) is 0 Å². The minimum atomic E-state index is 0.563. The SMILES string of the molecule is c1ccc(-c2nc(-c3ccccc3)nc(-c3cccc4c3oc3ccc5c6ccccc6n(-c6ccc7c8ccccc8c8ccccc8c7c6)c5c34)n2)cc1. The van der Waals surface area contributed by atoms with E-state index in [1.54, 1.807) is 0 Å². The Balaban J connectivity index is 1.15. The largest absolute Gasteiger partial charge is 0.455 e. The summed E-state index contributed by atoms with van der Waals surface area (Å²) in [4.78, 5) is 15.1. The Morgan fingerprint density at radius 1 is 0.375 bits per heavy atom. The van der Waals surface area contributed by atoms with Crippen molar-refractivity contribution in [1.82, 2.24) is 19.5 Å². The number of rotatable bonds is 4. The highest BCUT2D eigenvalue weighted by molar-refractivity contribution is 6.27. The van der Waals surface area contributed by atoms with Gasteiger partial charge in [0.15, 0.2) is 17.5 Å². The van der Waals surface area contributed by atoms with Gasteiger partial charge in [0.2, 0.25) is 0 Å². The fourth-order valence-corrected chi connectivity index (χ4v) is 8.75. The highest BCUT2D eigenvalue weighted by atomic mass is 16.3. The summed E-state index contributed by atoms with van der Waals surface area (Å²) in [5.41, 5.74) is 7.56. The normalized spacial score (nSPS) is 11.9. The minimum absolute atomic E-state index is 0.563. The van der Waals surface area contributed by atoms with Gasteiger partial charge in [-0.2, -0.15) is 0 Å². The molecule has 12 aromatic rings. The summed E-state index contributed by atoms with van der Waals surface area (Å²) in [6, 6.07) is 63.8. The molecule has 260 valence electrons. The molecule has 12 rings (SSSR count). The van der Waals surface area contributed by atoms with Gasteiger partial charge >= 0.3 is 0 Å². The first-order valence-electron chi connectivity index (χ1n) is 18.9. The zero-order valence-corrected chi connectivity index (χ0v) is 30.0. The number of hydrogen-bond acceptors (Lipinski definition) is 4. The van der Waals surface area contributed by atoms with Crippen LogP contribution in [0.1, 0.15) is 0 Å². The second-order valence-corrected chi connectivity index (χ2v) is 14.3. The van der Waals surface area contributed by atoms with E-state index in [2.05, 4.69) is 126 Å². The maximum absolute atomic E-state index is 6.89. The third-order valence-electron chi connectivity index (χ3n) is 11.2. The Morgan fingerprint density at radius 2 is 0.893 bits per heavy atom. The zero-order chi connectivity index (χ0) is 36.7. The summed E-state index contributed by atoms with van der Waals surface area (Å²) < 4.78 is 9.31. The van der Waals surface area contributed by atoms with Crippen molar-refractivity contribution in [3.8, 4) is 39.9 Å². The first kappa shape index (κ1) is 30.8. The lowest BCUT2D eigenvalue weighted by molar-refractivity contribution is 0.669. The molecule has 0 N–H and O–H groups in total. The van der Waals surface area contributed by atoms with E-state index in [9.17, 15) is 0 Å². The first-order valence-corrected chi connectivity index (χ1v) is 18.9. The molecule has 0 aliphatic rings. The number of benzene rings is 9. The quantitative estimate of drug-likeness (QED) is 0.170. The van der Waals surface area contributed by atoms with Gasteiger partial charge in [0.05, 0.1) is 22.0 Å². The van der Waals surface area contributed by atoms with E-state index in [4.69, 9.17) is 19.4 Å². The molecule has 0 amide bonds. The van der Waals surface area contributed by atoms with Crippen LogP contribution >= 0.6 is 0 Å². The number of fused-ring (bicyclic) bond motifs is 13. The van der Waals surface area contributed by atoms with Crippen LogP contribution in [0.5, 0.6) is 0 Å². The maximum atomic E-state index is 6.89. The van der Waals surface area contributed by atoms with Crippen LogP contribution < -0.4 is 0 Å². The molecule has 0 unspecified atom stereocenters. The maximum Gasteiger partial charge on any atom is 0.167 e. The molecule has 56 heavy (non-hydrogen) atoms. The molecule has 3 aromatic heterocycles. The molecule has 5 heteroatoms. The number of hydrogen-bond donors (Lipinski definition) is 0. The second kappa shape index (κ2) is 11.9. The second-order valence-electron chi connectivity index (χ2n) is 14.3. The summed E-state index contributed by atoms with van der Waals surface area (Å²) in [5, 5.41) is 11.9. The number of nitrogens with zero attached hydrogens (tertiary/aromatic N) is 4. The molecule has 0 atom stereocenters. The van der Waals surface area contributed by atoms with Crippen molar-refractivity contribution >= 4 is 76.1 Å². The fourth-order valence-electron chi connectivity index (χ4n) is 8.75. The smallest absolute Gasteiger partial charge is 0.167 e. The Labute approximate surface area is 320 Å². The standard InChI is InChI=1S/C51H30N4O/c1-3-14-31(15-4-1)49-52-50(32-16-5-2-6-17-32)54-51(53-49)42-24-13-23-41-46-45(56-48(41)42)29-28-40-39-22-11-12-25-44(39)55(47(40)46)33-26-27-38-36-20-8-7-18-34(36)35-19-9-10-21-37(35)43(38)30-33/h1-30H. The van der Waals surface area contributed by atoms with Gasteiger partial charge in [-0.15, -0.1) is 0 Å². The molecule has 0 bridgehead atoms. The Kier molecular flexibility index (Phi) is 6.56. The van der Waals surface area contributed by atoms with E-state index in [1.165, 1.54) is 43.1 Å². The van der Waals surface area contributed by atoms with Crippen LogP contribution in [0.25, 0.3) is 116 Å². The van der Waals surface area contributed by atoms with Crippen molar-refractivity contribution in [1.29, 1.82) is 0 Å². The number of aromatic nitrogens is 4. The molecule has 0 fully saturated rings. The molecule has 5 nitrogen and oxygen atoms in total. The molecule has 0 saturated heterocycles. The van der Waals surface area contributed by atoms with Crippen molar-refractivity contribution in [2.75, 3.05) is 0 Å². The lowest BCUT2D eigenvalue weighted by Gasteiger charge is -2.14. The predicted molar refractivity (Wildman–Crippen MR) is 230 cm³/mol. The van der Waals surface area contributed by atoms with E-state index in [0.717, 1.165) is 55.3 Å². The van der Waals surface area contributed by atoms with Crippen LogP contribution in [-0.2, 0) is 0 Å². The lowest BCUT2D eigenvalue weighted by Crippen LogP contribution is -2.00. The fraction of sp³-hybridized carbons (Fsp3) is 0. The predicted octanol–water partition coefficient (Wildman–Crippen LogP) is 13.3. The van der Waals surface area contributed by atoms with Crippen molar-refractivity contribution < 1.29 is 4.42 Å². The monoisotopic (exact) mass is 714 g/mol. The van der Waals surface area contributed by atoms with Crippen molar-refractivity contribution in [3.05, 3.63) is 182 Å². The van der Waals surface area contributed by atoms with Crippen molar-refractivity contribution in [2.45, 2.75) is 0 Å². The van der Waals surface area contributed by atoms with Gasteiger partial charge < -0.3 is 8.98 Å². The van der Waals surface area contributed by atoms with Gasteiger partial charge in [-0.05, 0) is 68.7 Å². The number of furan rings is 1. The summed E-state index contributed by atoms with van der Waals surface area (Å²) in [6.45, 7) is 0. The van der Waals surface area contributed by atoms with E-state index in [0.29, 0.717) is 17.5 Å². The summed E-state index contributed by atoms with van der Waals surface area (Å²) in [5.74, 6) is 1.79. The summed E-state index contributed by atoms with van der Waals surface area (Å²) in [6.07, 6.45) is 0. The zero-order valence-electron chi connectivity index (χ0n) is 30.0. The lowest BCUT2D eigenvalue weighted by atomic mass is 9.94. The Hall–Kier alpha value is -7.63. The third-order valence-corrected chi connectivity index (χ3v) is 11.2. The Morgan fingerprint density at radius 3 is 1.55 bits per heavy atom. The molecule has 0 aliphatic heterocycles.